The fourth-order valence-corrected chi connectivity index (χ4v) is 3.64. The Labute approximate surface area is 172 Å². The van der Waals surface area contributed by atoms with Crippen molar-refractivity contribution >= 4 is 17.7 Å². The Balaban J connectivity index is 1.72. The highest BCUT2D eigenvalue weighted by atomic mass is 32.2. The van der Waals surface area contributed by atoms with Gasteiger partial charge in [-0.15, -0.1) is 11.8 Å². The first-order valence-corrected chi connectivity index (χ1v) is 10.4. The zero-order chi connectivity index (χ0) is 21.0. The van der Waals surface area contributed by atoms with Crippen molar-refractivity contribution in [1.29, 1.82) is 0 Å². The average molecular weight is 421 g/mol. The quantitative estimate of drug-likeness (QED) is 0.608. The van der Waals surface area contributed by atoms with Gasteiger partial charge in [-0.3, -0.25) is 0 Å². The molecule has 29 heavy (non-hydrogen) atoms. The normalized spacial score (nSPS) is 16.7. The zero-order valence-electron chi connectivity index (χ0n) is 16.2. The first-order chi connectivity index (χ1) is 13.8. The predicted octanol–water partition coefficient (Wildman–Crippen LogP) is 4.37. The largest absolute Gasteiger partial charge is 0.416 e. The molecule has 0 saturated carbocycles. The van der Waals surface area contributed by atoms with Crippen molar-refractivity contribution in [2.24, 2.45) is 10.7 Å². The summed E-state index contributed by atoms with van der Waals surface area (Å²) in [6.45, 7) is 2.12. The standard InChI is InChI=1S/C21H23F3N4S/c1-13-16(4-3-5-17(13)21(22,23)24)18-12-19(28-20(25)27-18)26-11-10-14-6-8-15(29-2)9-7-14/h3-9,12,18,26H,10-11H2,1-2H3,(H3,25,27,28). The SMILES string of the molecule is CSc1ccc(CCNC2=CC(c3cccc(C(F)(F)F)c3C)N=C(N)N2)cc1. The molecule has 0 aromatic heterocycles. The fraction of sp³-hybridized carbons (Fsp3) is 0.286. The van der Waals surface area contributed by atoms with Crippen molar-refractivity contribution in [2.45, 2.75) is 30.5 Å². The van der Waals surface area contributed by atoms with Crippen molar-refractivity contribution in [2.75, 3.05) is 12.8 Å². The summed E-state index contributed by atoms with van der Waals surface area (Å²) in [4.78, 5) is 5.48. The van der Waals surface area contributed by atoms with Crippen LogP contribution in [0.3, 0.4) is 0 Å². The van der Waals surface area contributed by atoms with Crippen LogP contribution < -0.4 is 16.4 Å². The number of nitrogens with zero attached hydrogens (tertiary/aromatic N) is 1. The van der Waals surface area contributed by atoms with Gasteiger partial charge in [-0.25, -0.2) is 4.99 Å². The number of nitrogens with two attached hydrogens (primary N) is 1. The van der Waals surface area contributed by atoms with Crippen LogP contribution in [0.4, 0.5) is 13.2 Å². The van der Waals surface area contributed by atoms with Gasteiger partial charge >= 0.3 is 6.18 Å². The Morgan fingerprint density at radius 2 is 1.90 bits per heavy atom. The molecule has 1 atom stereocenters. The molecule has 1 unspecified atom stereocenters. The molecule has 154 valence electrons. The summed E-state index contributed by atoms with van der Waals surface area (Å²) in [7, 11) is 0. The summed E-state index contributed by atoms with van der Waals surface area (Å²) in [5.74, 6) is 0.807. The third kappa shape index (κ3) is 5.26. The molecule has 1 heterocycles. The summed E-state index contributed by atoms with van der Waals surface area (Å²) < 4.78 is 39.7. The number of thioether (sulfide) groups is 1. The summed E-state index contributed by atoms with van der Waals surface area (Å²) in [5.41, 5.74) is 7.06. The van der Waals surface area contributed by atoms with E-state index in [1.165, 1.54) is 23.4 Å². The van der Waals surface area contributed by atoms with Crippen LogP contribution in [0, 0.1) is 6.92 Å². The van der Waals surface area contributed by atoms with Crippen molar-refractivity contribution in [3.05, 3.63) is 76.6 Å². The molecule has 8 heteroatoms. The van der Waals surface area contributed by atoms with Gasteiger partial charge in [0.05, 0.1) is 5.56 Å². The Kier molecular flexibility index (Phi) is 6.42. The van der Waals surface area contributed by atoms with E-state index in [0.29, 0.717) is 17.9 Å². The second-order valence-electron chi connectivity index (χ2n) is 6.71. The summed E-state index contributed by atoms with van der Waals surface area (Å²) in [6, 6.07) is 11.9. The lowest BCUT2D eigenvalue weighted by atomic mass is 9.96. The van der Waals surface area contributed by atoms with Gasteiger partial charge in [0.1, 0.15) is 11.9 Å². The Morgan fingerprint density at radius 1 is 1.17 bits per heavy atom. The van der Waals surface area contributed by atoms with E-state index in [1.807, 2.05) is 6.26 Å². The molecule has 1 aliphatic heterocycles. The third-order valence-corrected chi connectivity index (χ3v) is 5.50. The van der Waals surface area contributed by atoms with Gasteiger partial charge in [-0.05, 0) is 60.6 Å². The Hall–Kier alpha value is -2.61. The molecule has 0 fully saturated rings. The summed E-state index contributed by atoms with van der Waals surface area (Å²) in [5, 5.41) is 6.19. The van der Waals surface area contributed by atoms with Crippen molar-refractivity contribution < 1.29 is 13.2 Å². The minimum absolute atomic E-state index is 0.160. The maximum Gasteiger partial charge on any atom is 0.416 e. The van der Waals surface area contributed by atoms with E-state index in [0.717, 1.165) is 12.5 Å². The monoisotopic (exact) mass is 420 g/mol. The van der Waals surface area contributed by atoms with Crippen LogP contribution in [0.2, 0.25) is 0 Å². The van der Waals surface area contributed by atoms with Gasteiger partial charge in [0.25, 0.3) is 0 Å². The van der Waals surface area contributed by atoms with E-state index < -0.39 is 17.8 Å². The van der Waals surface area contributed by atoms with Crippen LogP contribution in [-0.4, -0.2) is 18.8 Å². The van der Waals surface area contributed by atoms with Gasteiger partial charge in [-0.1, -0.05) is 24.3 Å². The molecule has 3 rings (SSSR count). The van der Waals surface area contributed by atoms with Crippen LogP contribution in [-0.2, 0) is 12.6 Å². The molecule has 2 aromatic rings. The van der Waals surface area contributed by atoms with Gasteiger partial charge < -0.3 is 16.4 Å². The molecule has 4 N–H and O–H groups in total. The first kappa shape index (κ1) is 21.1. The van der Waals surface area contributed by atoms with Crippen molar-refractivity contribution in [3.63, 3.8) is 0 Å². The molecular formula is C21H23F3N4S. The lowest BCUT2D eigenvalue weighted by Crippen LogP contribution is -2.40. The van der Waals surface area contributed by atoms with Gasteiger partial charge in [0, 0.05) is 11.4 Å². The van der Waals surface area contributed by atoms with Crippen LogP contribution in [0.15, 0.2) is 64.2 Å². The number of nitrogens with one attached hydrogen (secondary N) is 2. The van der Waals surface area contributed by atoms with Crippen LogP contribution in [0.1, 0.15) is 28.3 Å². The van der Waals surface area contributed by atoms with E-state index in [4.69, 9.17) is 5.73 Å². The van der Waals surface area contributed by atoms with Gasteiger partial charge in [0.2, 0.25) is 0 Å². The number of guanidine groups is 1. The van der Waals surface area contributed by atoms with Crippen LogP contribution in [0.5, 0.6) is 0 Å². The van der Waals surface area contributed by atoms with E-state index in [9.17, 15) is 13.2 Å². The third-order valence-electron chi connectivity index (χ3n) is 4.75. The van der Waals surface area contributed by atoms with Crippen LogP contribution >= 0.6 is 11.8 Å². The number of hydrogen-bond donors (Lipinski definition) is 3. The van der Waals surface area contributed by atoms with E-state index in [2.05, 4.69) is 39.9 Å². The molecule has 0 aliphatic carbocycles. The predicted molar refractivity (Wildman–Crippen MR) is 112 cm³/mol. The van der Waals surface area contributed by atoms with E-state index in [1.54, 1.807) is 23.9 Å². The highest BCUT2D eigenvalue weighted by Gasteiger charge is 2.33. The fourth-order valence-electron chi connectivity index (χ4n) is 3.23. The highest BCUT2D eigenvalue weighted by Crippen LogP contribution is 2.36. The number of hydrogen-bond acceptors (Lipinski definition) is 5. The second kappa shape index (κ2) is 8.82. The number of alkyl halides is 3. The van der Waals surface area contributed by atoms with E-state index in [-0.39, 0.29) is 11.5 Å². The molecule has 1 aliphatic rings. The van der Waals surface area contributed by atoms with Crippen molar-refractivity contribution in [3.8, 4) is 0 Å². The number of benzene rings is 2. The Morgan fingerprint density at radius 3 is 2.55 bits per heavy atom. The molecule has 0 saturated heterocycles. The average Bonchev–Trinajstić information content (AvgIpc) is 2.67. The highest BCUT2D eigenvalue weighted by molar-refractivity contribution is 7.98. The molecule has 2 aromatic carbocycles. The first-order valence-electron chi connectivity index (χ1n) is 9.13. The van der Waals surface area contributed by atoms with Crippen LogP contribution in [0.25, 0.3) is 0 Å². The maximum absolute atomic E-state index is 13.2. The minimum atomic E-state index is -4.40. The number of aliphatic imine (C=N–C) groups is 1. The molecule has 0 radical (unpaired) electrons. The second-order valence-corrected chi connectivity index (χ2v) is 7.59. The smallest absolute Gasteiger partial charge is 0.371 e. The lowest BCUT2D eigenvalue weighted by Gasteiger charge is -2.23. The van der Waals surface area contributed by atoms with Gasteiger partial charge in [-0.2, -0.15) is 13.2 Å². The summed E-state index contributed by atoms with van der Waals surface area (Å²) in [6.07, 6.45) is 0.193. The number of rotatable bonds is 6. The maximum atomic E-state index is 13.2. The molecular weight excluding hydrogens is 397 g/mol. The minimum Gasteiger partial charge on any atom is -0.371 e. The molecule has 0 spiro atoms. The molecule has 0 bridgehead atoms. The Bertz CT molecular complexity index is 921. The van der Waals surface area contributed by atoms with Gasteiger partial charge in [0.15, 0.2) is 5.96 Å². The molecule has 0 amide bonds. The summed E-state index contributed by atoms with van der Waals surface area (Å²) >= 11 is 1.69. The van der Waals surface area contributed by atoms with Crippen molar-refractivity contribution in [1.82, 2.24) is 10.6 Å². The molecule has 4 nitrogen and oxygen atoms in total. The lowest BCUT2D eigenvalue weighted by molar-refractivity contribution is -0.138. The number of halogens is 3. The zero-order valence-corrected chi connectivity index (χ0v) is 17.0. The topological polar surface area (TPSA) is 62.4 Å². The van der Waals surface area contributed by atoms with E-state index >= 15 is 0 Å².